The van der Waals surface area contributed by atoms with Crippen LogP contribution in [-0.4, -0.2) is 37.2 Å². The minimum absolute atomic E-state index is 0.0816. The van der Waals surface area contributed by atoms with E-state index >= 15 is 0 Å². The lowest BCUT2D eigenvalue weighted by Crippen LogP contribution is -2.31. The van der Waals surface area contributed by atoms with Gasteiger partial charge in [-0.2, -0.15) is 0 Å². The van der Waals surface area contributed by atoms with Crippen LogP contribution in [0.15, 0.2) is 24.3 Å². The van der Waals surface area contributed by atoms with Gasteiger partial charge in [-0.3, -0.25) is 14.4 Å². The molecule has 0 saturated carbocycles. The first-order chi connectivity index (χ1) is 27.4. The molecule has 0 saturated heterocycles. The molecule has 0 radical (unpaired) electrons. The van der Waals surface area contributed by atoms with E-state index in [1.54, 1.807) is 0 Å². The number of carbonyl (C=O) groups is 3. The molecule has 1 unspecified atom stereocenters. The van der Waals surface area contributed by atoms with E-state index in [1.807, 2.05) is 0 Å². The number of allylic oxidation sites excluding steroid dienone is 4. The van der Waals surface area contributed by atoms with Gasteiger partial charge in [0.05, 0.1) is 0 Å². The SMILES string of the molecule is CCCCCCCC/C=C\CCCCCCCC(=O)OCC(COC(=O)CCCCCCC/C=C\CCCCCCCC)OC(=O)CC(C)CCCCCCC. The monoisotopic (exact) mass is 789 g/mol. The number of hydrogen-bond acceptors (Lipinski definition) is 6. The molecule has 6 heteroatoms. The highest BCUT2D eigenvalue weighted by Crippen LogP contribution is 2.17. The molecule has 6 nitrogen and oxygen atoms in total. The summed E-state index contributed by atoms with van der Waals surface area (Å²) >= 11 is 0. The molecule has 0 aliphatic carbocycles. The highest BCUT2D eigenvalue weighted by molar-refractivity contribution is 5.71. The molecule has 0 aliphatic heterocycles. The maximum Gasteiger partial charge on any atom is 0.306 e. The summed E-state index contributed by atoms with van der Waals surface area (Å²) in [4.78, 5) is 38.0. The van der Waals surface area contributed by atoms with Gasteiger partial charge in [-0.05, 0) is 70.1 Å². The van der Waals surface area contributed by atoms with Crippen LogP contribution >= 0.6 is 0 Å². The Balaban J connectivity index is 4.36. The average molecular weight is 789 g/mol. The normalized spacial score (nSPS) is 12.2. The number of hydrogen-bond donors (Lipinski definition) is 0. The van der Waals surface area contributed by atoms with Crippen molar-refractivity contribution >= 4 is 17.9 Å². The standard InChI is InChI=1S/C50H92O6/c1-5-8-11-14-16-18-20-22-24-26-28-30-32-35-38-41-48(51)54-44-47(56-50(53)43-46(4)40-37-34-13-10-7-3)45-55-49(52)42-39-36-33-31-29-27-25-23-21-19-17-15-12-9-6-2/h22-25,46-47H,5-21,26-45H2,1-4H3/b24-22-,25-23-. The lowest BCUT2D eigenvalue weighted by Gasteiger charge is -2.19. The van der Waals surface area contributed by atoms with Crippen molar-refractivity contribution in [3.63, 3.8) is 0 Å². The molecule has 0 heterocycles. The minimum atomic E-state index is -0.782. The second-order valence-electron chi connectivity index (χ2n) is 16.7. The zero-order chi connectivity index (χ0) is 41.0. The molecular formula is C50H92O6. The van der Waals surface area contributed by atoms with E-state index in [0.29, 0.717) is 19.3 Å². The first kappa shape index (κ1) is 53.9. The first-order valence-corrected chi connectivity index (χ1v) is 24.2. The van der Waals surface area contributed by atoms with Gasteiger partial charge in [0, 0.05) is 19.3 Å². The van der Waals surface area contributed by atoms with E-state index in [4.69, 9.17) is 14.2 Å². The van der Waals surface area contributed by atoms with Gasteiger partial charge in [-0.15, -0.1) is 0 Å². The van der Waals surface area contributed by atoms with Crippen molar-refractivity contribution in [3.05, 3.63) is 24.3 Å². The summed E-state index contributed by atoms with van der Waals surface area (Å²) in [6.45, 7) is 8.65. The molecule has 0 amide bonds. The van der Waals surface area contributed by atoms with Crippen molar-refractivity contribution < 1.29 is 28.6 Å². The highest BCUT2D eigenvalue weighted by atomic mass is 16.6. The van der Waals surface area contributed by atoms with Crippen LogP contribution < -0.4 is 0 Å². The van der Waals surface area contributed by atoms with Crippen LogP contribution in [0.5, 0.6) is 0 Å². The summed E-state index contributed by atoms with van der Waals surface area (Å²) < 4.78 is 16.8. The van der Waals surface area contributed by atoms with Crippen LogP contribution in [-0.2, 0) is 28.6 Å². The zero-order valence-corrected chi connectivity index (χ0v) is 37.6. The van der Waals surface area contributed by atoms with E-state index in [1.165, 1.54) is 141 Å². The average Bonchev–Trinajstić information content (AvgIpc) is 3.18. The van der Waals surface area contributed by atoms with E-state index < -0.39 is 6.10 Å². The van der Waals surface area contributed by atoms with Gasteiger partial charge in [0.15, 0.2) is 6.10 Å². The molecule has 0 aromatic heterocycles. The maximum atomic E-state index is 12.8. The molecule has 328 valence electrons. The Morgan fingerprint density at radius 1 is 0.411 bits per heavy atom. The number of unbranched alkanes of at least 4 members (excludes halogenated alkanes) is 26. The number of rotatable bonds is 43. The molecule has 0 aromatic rings. The second kappa shape index (κ2) is 44.0. The lowest BCUT2D eigenvalue weighted by molar-refractivity contribution is -0.167. The van der Waals surface area contributed by atoms with Crippen LogP contribution in [0.1, 0.15) is 252 Å². The summed E-state index contributed by atoms with van der Waals surface area (Å²) in [6.07, 6.45) is 47.9. The molecule has 1 atom stereocenters. The van der Waals surface area contributed by atoms with Gasteiger partial charge < -0.3 is 14.2 Å². The fourth-order valence-corrected chi connectivity index (χ4v) is 7.03. The summed E-state index contributed by atoms with van der Waals surface area (Å²) in [6, 6.07) is 0. The Kier molecular flexibility index (Phi) is 42.3. The molecule has 0 bridgehead atoms. The molecule has 0 aliphatic rings. The molecule has 0 aromatic carbocycles. The van der Waals surface area contributed by atoms with E-state index in [9.17, 15) is 14.4 Å². The quantitative estimate of drug-likeness (QED) is 0.0265. The molecule has 0 spiro atoms. The molecule has 0 rings (SSSR count). The summed E-state index contributed by atoms with van der Waals surface area (Å²) in [7, 11) is 0. The minimum Gasteiger partial charge on any atom is -0.462 e. The molecule has 56 heavy (non-hydrogen) atoms. The Bertz CT molecular complexity index is 871. The predicted molar refractivity (Wildman–Crippen MR) is 238 cm³/mol. The smallest absolute Gasteiger partial charge is 0.306 e. The molecular weight excluding hydrogens is 697 g/mol. The van der Waals surface area contributed by atoms with Gasteiger partial charge in [0.25, 0.3) is 0 Å². The van der Waals surface area contributed by atoms with Gasteiger partial charge in [-0.1, -0.05) is 193 Å². The van der Waals surface area contributed by atoms with Crippen LogP contribution in [0.4, 0.5) is 0 Å². The predicted octanol–water partition coefficient (Wildman–Crippen LogP) is 15.4. The van der Waals surface area contributed by atoms with Gasteiger partial charge in [-0.25, -0.2) is 0 Å². The van der Waals surface area contributed by atoms with Gasteiger partial charge in [0.1, 0.15) is 13.2 Å². The van der Waals surface area contributed by atoms with Gasteiger partial charge >= 0.3 is 17.9 Å². The largest absolute Gasteiger partial charge is 0.462 e. The summed E-state index contributed by atoms with van der Waals surface area (Å²) in [5, 5.41) is 0. The molecule has 0 N–H and O–H groups in total. The Morgan fingerprint density at radius 2 is 0.732 bits per heavy atom. The van der Waals surface area contributed by atoms with Gasteiger partial charge in [0.2, 0.25) is 0 Å². The van der Waals surface area contributed by atoms with Crippen LogP contribution in [0, 0.1) is 5.92 Å². The van der Waals surface area contributed by atoms with Crippen molar-refractivity contribution in [1.82, 2.24) is 0 Å². The highest BCUT2D eigenvalue weighted by Gasteiger charge is 2.21. The second-order valence-corrected chi connectivity index (χ2v) is 16.7. The number of esters is 3. The molecule has 0 fully saturated rings. The fourth-order valence-electron chi connectivity index (χ4n) is 7.03. The van der Waals surface area contributed by atoms with Crippen molar-refractivity contribution in [2.24, 2.45) is 5.92 Å². The maximum absolute atomic E-state index is 12.8. The Hall–Kier alpha value is -2.11. The fraction of sp³-hybridized carbons (Fsp3) is 0.860. The van der Waals surface area contributed by atoms with Crippen LogP contribution in [0.3, 0.4) is 0 Å². The third kappa shape index (κ3) is 41.5. The summed E-state index contributed by atoms with van der Waals surface area (Å²) in [5.41, 5.74) is 0. The lowest BCUT2D eigenvalue weighted by atomic mass is 9.99. The topological polar surface area (TPSA) is 78.9 Å². The van der Waals surface area contributed by atoms with Crippen molar-refractivity contribution in [1.29, 1.82) is 0 Å². The number of carbonyl (C=O) groups excluding carboxylic acids is 3. The van der Waals surface area contributed by atoms with E-state index in [-0.39, 0.29) is 37.0 Å². The first-order valence-electron chi connectivity index (χ1n) is 24.2. The van der Waals surface area contributed by atoms with Crippen LogP contribution in [0.25, 0.3) is 0 Å². The third-order valence-corrected chi connectivity index (χ3v) is 10.8. The Morgan fingerprint density at radius 3 is 1.11 bits per heavy atom. The third-order valence-electron chi connectivity index (χ3n) is 10.8. The zero-order valence-electron chi connectivity index (χ0n) is 37.6. The van der Waals surface area contributed by atoms with Crippen molar-refractivity contribution in [3.8, 4) is 0 Å². The Labute approximate surface area is 347 Å². The van der Waals surface area contributed by atoms with Crippen LogP contribution in [0.2, 0.25) is 0 Å². The van der Waals surface area contributed by atoms with E-state index in [2.05, 4.69) is 52.0 Å². The number of ether oxygens (including phenoxy) is 3. The summed E-state index contributed by atoms with van der Waals surface area (Å²) in [5.74, 6) is -0.678. The van der Waals surface area contributed by atoms with Crippen molar-refractivity contribution in [2.45, 2.75) is 259 Å². The van der Waals surface area contributed by atoms with Crippen molar-refractivity contribution in [2.75, 3.05) is 13.2 Å². The van der Waals surface area contributed by atoms with E-state index in [0.717, 1.165) is 64.2 Å².